The lowest BCUT2D eigenvalue weighted by molar-refractivity contribution is -0.124. The van der Waals surface area contributed by atoms with Gasteiger partial charge in [-0.1, -0.05) is 32.1 Å². The van der Waals surface area contributed by atoms with Crippen molar-refractivity contribution < 1.29 is 13.6 Å². The molecule has 2 heterocycles. The maximum Gasteiger partial charge on any atom is 0.223 e. The summed E-state index contributed by atoms with van der Waals surface area (Å²) in [5.41, 5.74) is 1.28. The van der Waals surface area contributed by atoms with Crippen LogP contribution in [0.5, 0.6) is 0 Å². The van der Waals surface area contributed by atoms with Crippen molar-refractivity contribution in [1.82, 2.24) is 5.32 Å². The van der Waals surface area contributed by atoms with Gasteiger partial charge < -0.3 is 10.2 Å². The van der Waals surface area contributed by atoms with Crippen LogP contribution in [0.3, 0.4) is 0 Å². The highest BCUT2D eigenvalue weighted by Gasteiger charge is 2.57. The van der Waals surface area contributed by atoms with Crippen molar-refractivity contribution in [1.29, 1.82) is 0 Å². The molecule has 0 unspecified atom stereocenters. The van der Waals surface area contributed by atoms with Gasteiger partial charge in [-0.15, -0.1) is 0 Å². The Labute approximate surface area is 151 Å². The maximum absolute atomic E-state index is 13.9. The van der Waals surface area contributed by atoms with Gasteiger partial charge in [-0.2, -0.15) is 0 Å². The van der Waals surface area contributed by atoms with Gasteiger partial charge in [-0.05, 0) is 47.5 Å². The number of nitrogens with zero attached hydrogens (tertiary/aromatic N) is 1. The summed E-state index contributed by atoms with van der Waals surface area (Å²) in [5, 5.41) is 3.13. The van der Waals surface area contributed by atoms with Crippen molar-refractivity contribution in [3.8, 4) is 0 Å². The number of amides is 1. The molecule has 0 spiro atoms. The van der Waals surface area contributed by atoms with Crippen LogP contribution < -0.4 is 10.2 Å². The zero-order valence-electron chi connectivity index (χ0n) is 14.7. The van der Waals surface area contributed by atoms with Crippen molar-refractivity contribution >= 4 is 17.7 Å². The Balaban J connectivity index is 1.84. The average Bonchev–Trinajstić information content (AvgIpc) is 2.79. The minimum atomic E-state index is -0.799. The SMILES string of the molecule is CC1(C)c2cc(F)ccc2N2CCC(=O)N[C@]21/C=C/c1ccc(F)cc1. The molecule has 0 aromatic heterocycles. The normalized spacial score (nSPS) is 23.7. The maximum atomic E-state index is 13.9. The third-order valence-corrected chi connectivity index (χ3v) is 5.58. The number of benzene rings is 2. The molecule has 0 radical (unpaired) electrons. The number of fused-ring (bicyclic) bond motifs is 3. The van der Waals surface area contributed by atoms with Gasteiger partial charge >= 0.3 is 0 Å². The number of anilines is 1. The Morgan fingerprint density at radius 2 is 1.77 bits per heavy atom. The minimum Gasteiger partial charge on any atom is -0.344 e. The van der Waals surface area contributed by atoms with E-state index in [4.69, 9.17) is 0 Å². The van der Waals surface area contributed by atoms with Gasteiger partial charge in [0, 0.05) is 24.1 Å². The van der Waals surface area contributed by atoms with Crippen molar-refractivity contribution in [2.75, 3.05) is 11.4 Å². The largest absolute Gasteiger partial charge is 0.344 e. The van der Waals surface area contributed by atoms with Crippen molar-refractivity contribution in [2.45, 2.75) is 31.3 Å². The summed E-state index contributed by atoms with van der Waals surface area (Å²) in [6.45, 7) is 4.57. The Hall–Kier alpha value is -2.69. The Morgan fingerprint density at radius 3 is 2.50 bits per heavy atom. The quantitative estimate of drug-likeness (QED) is 0.884. The summed E-state index contributed by atoms with van der Waals surface area (Å²) in [4.78, 5) is 14.4. The van der Waals surface area contributed by atoms with Crippen LogP contribution in [0, 0.1) is 11.6 Å². The second-order valence-electron chi connectivity index (χ2n) is 7.39. The summed E-state index contributed by atoms with van der Waals surface area (Å²) >= 11 is 0. The molecule has 0 bridgehead atoms. The molecule has 5 heteroatoms. The van der Waals surface area contributed by atoms with Crippen LogP contribution in [0.4, 0.5) is 14.5 Å². The lowest BCUT2D eigenvalue weighted by Gasteiger charge is -2.49. The molecule has 1 saturated heterocycles. The molecule has 134 valence electrons. The number of hydrogen-bond acceptors (Lipinski definition) is 2. The number of nitrogens with one attached hydrogen (secondary N) is 1. The fourth-order valence-corrected chi connectivity index (χ4v) is 4.12. The molecule has 0 saturated carbocycles. The van der Waals surface area contributed by atoms with Crippen molar-refractivity contribution in [3.63, 3.8) is 0 Å². The van der Waals surface area contributed by atoms with Crippen molar-refractivity contribution in [3.05, 3.63) is 71.3 Å². The molecule has 1 N–H and O–H groups in total. The van der Waals surface area contributed by atoms with Crippen LogP contribution in [0.15, 0.2) is 48.5 Å². The second kappa shape index (κ2) is 5.66. The van der Waals surface area contributed by atoms with Gasteiger partial charge in [0.05, 0.1) is 0 Å². The predicted octanol–water partition coefficient (Wildman–Crippen LogP) is 3.99. The van der Waals surface area contributed by atoms with E-state index in [1.807, 2.05) is 26.0 Å². The Kier molecular flexibility index (Phi) is 3.65. The predicted molar refractivity (Wildman–Crippen MR) is 97.7 cm³/mol. The molecule has 1 fully saturated rings. The van der Waals surface area contributed by atoms with E-state index in [-0.39, 0.29) is 17.5 Å². The van der Waals surface area contributed by atoms with E-state index in [1.54, 1.807) is 24.3 Å². The van der Waals surface area contributed by atoms with E-state index in [1.165, 1.54) is 18.2 Å². The molecule has 1 atom stereocenters. The van der Waals surface area contributed by atoms with E-state index < -0.39 is 11.1 Å². The molecule has 2 aromatic carbocycles. The van der Waals surface area contributed by atoms with Crippen LogP contribution in [-0.2, 0) is 10.2 Å². The summed E-state index contributed by atoms with van der Waals surface area (Å²) in [7, 11) is 0. The van der Waals surface area contributed by atoms with Gasteiger partial charge in [-0.25, -0.2) is 8.78 Å². The first-order valence-corrected chi connectivity index (χ1v) is 8.67. The highest BCUT2D eigenvalue weighted by atomic mass is 19.1. The molecule has 2 aromatic rings. The van der Waals surface area contributed by atoms with Crippen LogP contribution in [0.1, 0.15) is 31.4 Å². The zero-order chi connectivity index (χ0) is 18.5. The molecular formula is C21H20F2N2O. The summed E-state index contributed by atoms with van der Waals surface area (Å²) < 4.78 is 27.1. The molecule has 2 aliphatic rings. The highest BCUT2D eigenvalue weighted by molar-refractivity contribution is 5.84. The number of rotatable bonds is 2. The van der Waals surface area contributed by atoms with Gasteiger partial charge in [0.15, 0.2) is 0 Å². The molecule has 1 amide bonds. The molecule has 2 aliphatic heterocycles. The van der Waals surface area contributed by atoms with E-state index in [0.29, 0.717) is 13.0 Å². The number of carbonyl (C=O) groups excluding carboxylic acids is 1. The third kappa shape index (κ3) is 2.34. The van der Waals surface area contributed by atoms with Gasteiger partial charge in [-0.3, -0.25) is 4.79 Å². The molecule has 0 aliphatic carbocycles. The molecular weight excluding hydrogens is 334 g/mol. The van der Waals surface area contributed by atoms with E-state index in [2.05, 4.69) is 10.2 Å². The minimum absolute atomic E-state index is 0.0358. The smallest absolute Gasteiger partial charge is 0.223 e. The lowest BCUT2D eigenvalue weighted by Crippen LogP contribution is -2.68. The fraction of sp³-hybridized carbons (Fsp3) is 0.286. The van der Waals surface area contributed by atoms with Crippen LogP contribution in [0.2, 0.25) is 0 Å². The summed E-state index contributed by atoms with van der Waals surface area (Å²) in [5.74, 6) is -0.621. The Bertz CT molecular complexity index is 905. The first-order valence-electron chi connectivity index (χ1n) is 8.67. The number of carbonyl (C=O) groups is 1. The lowest BCUT2D eigenvalue weighted by atomic mass is 9.74. The van der Waals surface area contributed by atoms with E-state index in [9.17, 15) is 13.6 Å². The zero-order valence-corrected chi connectivity index (χ0v) is 14.7. The second-order valence-corrected chi connectivity index (χ2v) is 7.39. The van der Waals surface area contributed by atoms with E-state index in [0.717, 1.165) is 16.8 Å². The monoisotopic (exact) mass is 354 g/mol. The standard InChI is InChI=1S/C21H20F2N2O/c1-20(2)17-13-16(23)7-8-18(17)25-12-10-19(26)24-21(20,25)11-9-14-3-5-15(22)6-4-14/h3-9,11,13H,10,12H2,1-2H3,(H,24,26)/b11-9+/t21-/m1/s1. The number of hydrogen-bond donors (Lipinski definition) is 1. The number of halogens is 2. The molecule has 26 heavy (non-hydrogen) atoms. The van der Waals surface area contributed by atoms with E-state index >= 15 is 0 Å². The molecule has 4 rings (SSSR count). The highest BCUT2D eigenvalue weighted by Crippen LogP contribution is 2.52. The third-order valence-electron chi connectivity index (χ3n) is 5.58. The average molecular weight is 354 g/mol. The van der Waals surface area contributed by atoms with Crippen LogP contribution >= 0.6 is 0 Å². The van der Waals surface area contributed by atoms with Crippen molar-refractivity contribution in [2.24, 2.45) is 0 Å². The van der Waals surface area contributed by atoms with Gasteiger partial charge in [0.2, 0.25) is 5.91 Å². The molecule has 3 nitrogen and oxygen atoms in total. The topological polar surface area (TPSA) is 32.3 Å². The first kappa shape index (κ1) is 16.8. The fourth-order valence-electron chi connectivity index (χ4n) is 4.12. The Morgan fingerprint density at radius 1 is 1.08 bits per heavy atom. The van der Waals surface area contributed by atoms with Crippen LogP contribution in [0.25, 0.3) is 6.08 Å². The van der Waals surface area contributed by atoms with Gasteiger partial charge in [0.1, 0.15) is 17.3 Å². The first-order chi connectivity index (χ1) is 12.3. The van der Waals surface area contributed by atoms with Crippen LogP contribution in [-0.4, -0.2) is 18.1 Å². The summed E-state index contributed by atoms with van der Waals surface area (Å²) in [6.07, 6.45) is 4.20. The summed E-state index contributed by atoms with van der Waals surface area (Å²) in [6, 6.07) is 10.9. The van der Waals surface area contributed by atoms with Gasteiger partial charge in [0.25, 0.3) is 0 Å².